The summed E-state index contributed by atoms with van der Waals surface area (Å²) in [6.07, 6.45) is 3.11. The second kappa shape index (κ2) is 6.06. The highest BCUT2D eigenvalue weighted by Gasteiger charge is 2.46. The van der Waals surface area contributed by atoms with Crippen molar-refractivity contribution < 1.29 is 13.6 Å². The molecule has 0 N–H and O–H groups in total. The standard InChI is InChI=1S/C21H15F2N3O/c1-21(2)19(27)26(20-24-10-11-25(20)21)18-16(22)12-15(13-17(18)23)9-8-14-6-4-3-5-7-14/h3-7,10-13H,1-2H3. The van der Waals surface area contributed by atoms with E-state index in [0.717, 1.165) is 22.6 Å². The lowest BCUT2D eigenvalue weighted by Gasteiger charge is -2.20. The second-order valence-corrected chi connectivity index (χ2v) is 6.70. The summed E-state index contributed by atoms with van der Waals surface area (Å²) in [5.74, 6) is 3.60. The minimum absolute atomic E-state index is 0.186. The summed E-state index contributed by atoms with van der Waals surface area (Å²) in [6.45, 7) is 3.35. The van der Waals surface area contributed by atoms with Crippen LogP contribution in [0.4, 0.5) is 20.4 Å². The molecule has 0 radical (unpaired) electrons. The van der Waals surface area contributed by atoms with Crippen molar-refractivity contribution in [3.05, 3.63) is 77.6 Å². The van der Waals surface area contributed by atoms with Crippen LogP contribution in [0.25, 0.3) is 0 Å². The third kappa shape index (κ3) is 2.68. The van der Waals surface area contributed by atoms with Crippen LogP contribution >= 0.6 is 0 Å². The molecule has 1 amide bonds. The number of hydrogen-bond donors (Lipinski definition) is 0. The number of fused-ring (bicyclic) bond motifs is 1. The van der Waals surface area contributed by atoms with Gasteiger partial charge in [0.05, 0.1) is 0 Å². The Bertz CT molecular complexity index is 1080. The summed E-state index contributed by atoms with van der Waals surface area (Å²) in [7, 11) is 0. The van der Waals surface area contributed by atoms with Crippen molar-refractivity contribution in [2.45, 2.75) is 19.4 Å². The summed E-state index contributed by atoms with van der Waals surface area (Å²) < 4.78 is 31.1. The van der Waals surface area contributed by atoms with Crippen LogP contribution < -0.4 is 4.90 Å². The van der Waals surface area contributed by atoms with Gasteiger partial charge in [-0.05, 0) is 38.1 Å². The van der Waals surface area contributed by atoms with Crippen molar-refractivity contribution in [3.8, 4) is 11.8 Å². The average Bonchev–Trinajstić information content (AvgIpc) is 3.19. The smallest absolute Gasteiger partial charge is 0.259 e. The minimum atomic E-state index is -0.976. The molecule has 0 spiro atoms. The lowest BCUT2D eigenvalue weighted by molar-refractivity contribution is -0.123. The monoisotopic (exact) mass is 363 g/mol. The molecule has 4 nitrogen and oxygen atoms in total. The summed E-state index contributed by atoms with van der Waals surface area (Å²) >= 11 is 0. The zero-order valence-corrected chi connectivity index (χ0v) is 14.7. The first-order valence-corrected chi connectivity index (χ1v) is 8.34. The van der Waals surface area contributed by atoms with E-state index in [9.17, 15) is 13.6 Å². The number of amides is 1. The summed E-state index contributed by atoms with van der Waals surface area (Å²) in [6, 6.07) is 11.4. The molecule has 1 aliphatic heterocycles. The average molecular weight is 363 g/mol. The van der Waals surface area contributed by atoms with Gasteiger partial charge in [0.25, 0.3) is 5.91 Å². The van der Waals surface area contributed by atoms with Gasteiger partial charge in [-0.3, -0.25) is 4.79 Å². The molecule has 1 aromatic heterocycles. The molecule has 6 heteroatoms. The molecular weight excluding hydrogens is 348 g/mol. The van der Waals surface area contributed by atoms with Gasteiger partial charge in [0.2, 0.25) is 5.95 Å². The molecule has 4 rings (SSSR count). The molecule has 2 aromatic carbocycles. The van der Waals surface area contributed by atoms with Gasteiger partial charge in [-0.25, -0.2) is 18.7 Å². The highest BCUT2D eigenvalue weighted by atomic mass is 19.1. The van der Waals surface area contributed by atoms with Gasteiger partial charge >= 0.3 is 0 Å². The van der Waals surface area contributed by atoms with Gasteiger partial charge in [-0.1, -0.05) is 30.0 Å². The van der Waals surface area contributed by atoms with Gasteiger partial charge in [0.1, 0.15) is 11.2 Å². The Morgan fingerprint density at radius 1 is 1.00 bits per heavy atom. The quantitative estimate of drug-likeness (QED) is 0.614. The Morgan fingerprint density at radius 3 is 2.30 bits per heavy atom. The van der Waals surface area contributed by atoms with Gasteiger partial charge in [0.15, 0.2) is 11.6 Å². The van der Waals surface area contributed by atoms with Crippen molar-refractivity contribution in [2.24, 2.45) is 0 Å². The SMILES string of the molecule is CC1(C)C(=O)N(c2c(F)cc(C#Cc3ccccc3)cc2F)c2nccn21. The predicted molar refractivity (Wildman–Crippen MR) is 97.5 cm³/mol. The number of anilines is 2. The fourth-order valence-electron chi connectivity index (χ4n) is 3.08. The molecule has 134 valence electrons. The Balaban J connectivity index is 1.77. The van der Waals surface area contributed by atoms with Gasteiger partial charge < -0.3 is 4.57 Å². The van der Waals surface area contributed by atoms with Crippen molar-refractivity contribution >= 4 is 17.5 Å². The zero-order valence-electron chi connectivity index (χ0n) is 14.7. The van der Waals surface area contributed by atoms with Crippen molar-refractivity contribution in [1.82, 2.24) is 9.55 Å². The Hall–Kier alpha value is -3.46. The molecule has 2 heterocycles. The van der Waals surface area contributed by atoms with Crippen molar-refractivity contribution in [3.63, 3.8) is 0 Å². The van der Waals surface area contributed by atoms with Crippen LogP contribution in [0.1, 0.15) is 25.0 Å². The molecule has 1 aliphatic rings. The van der Waals surface area contributed by atoms with Crippen molar-refractivity contribution in [1.29, 1.82) is 0 Å². The number of carbonyl (C=O) groups is 1. The maximum absolute atomic E-state index is 14.8. The minimum Gasteiger partial charge on any atom is -0.302 e. The molecule has 0 fully saturated rings. The lowest BCUT2D eigenvalue weighted by atomic mass is 10.0. The fraction of sp³-hybridized carbons (Fsp3) is 0.143. The van der Waals surface area contributed by atoms with Gasteiger partial charge in [-0.2, -0.15) is 0 Å². The summed E-state index contributed by atoms with van der Waals surface area (Å²) in [5.41, 5.74) is -0.493. The maximum Gasteiger partial charge on any atom is 0.259 e. The van der Waals surface area contributed by atoms with Crippen LogP contribution in [0.15, 0.2) is 54.9 Å². The first-order chi connectivity index (χ1) is 12.9. The van der Waals surface area contributed by atoms with Crippen LogP contribution in [-0.4, -0.2) is 15.5 Å². The van der Waals surface area contributed by atoms with Crippen LogP contribution in [0.3, 0.4) is 0 Å². The largest absolute Gasteiger partial charge is 0.302 e. The zero-order chi connectivity index (χ0) is 19.2. The Kier molecular flexibility index (Phi) is 3.81. The van der Waals surface area contributed by atoms with E-state index in [-0.39, 0.29) is 11.5 Å². The number of halogens is 2. The molecule has 0 atom stereocenters. The second-order valence-electron chi connectivity index (χ2n) is 6.70. The summed E-state index contributed by atoms with van der Waals surface area (Å²) in [5, 5.41) is 0. The summed E-state index contributed by atoms with van der Waals surface area (Å²) in [4.78, 5) is 17.8. The van der Waals surface area contributed by atoms with Crippen LogP contribution in [0.5, 0.6) is 0 Å². The first-order valence-electron chi connectivity index (χ1n) is 8.34. The van der Waals surface area contributed by atoms with E-state index in [1.54, 1.807) is 36.7 Å². The molecule has 0 aliphatic carbocycles. The molecule has 0 bridgehead atoms. The van der Waals surface area contributed by atoms with Crippen LogP contribution in [0, 0.1) is 23.5 Å². The molecule has 27 heavy (non-hydrogen) atoms. The van der Waals surface area contributed by atoms with E-state index in [0.29, 0.717) is 0 Å². The topological polar surface area (TPSA) is 38.1 Å². The Labute approximate surface area is 155 Å². The third-order valence-electron chi connectivity index (χ3n) is 4.52. The number of hydrogen-bond acceptors (Lipinski definition) is 2. The lowest BCUT2D eigenvalue weighted by Crippen LogP contribution is -2.36. The normalized spacial score (nSPS) is 14.7. The highest BCUT2D eigenvalue weighted by Crippen LogP contribution is 2.40. The molecular formula is C21H15F2N3O. The molecule has 0 saturated heterocycles. The number of imidazole rings is 1. The van der Waals surface area contributed by atoms with E-state index in [1.807, 2.05) is 18.2 Å². The van der Waals surface area contributed by atoms with E-state index in [1.165, 1.54) is 6.20 Å². The van der Waals surface area contributed by atoms with E-state index in [4.69, 9.17) is 0 Å². The molecule has 3 aromatic rings. The fourth-order valence-corrected chi connectivity index (χ4v) is 3.08. The predicted octanol–water partition coefficient (Wildman–Crippen LogP) is 3.97. The third-order valence-corrected chi connectivity index (χ3v) is 4.52. The number of rotatable bonds is 1. The van der Waals surface area contributed by atoms with Crippen LogP contribution in [0.2, 0.25) is 0 Å². The number of carbonyl (C=O) groups excluding carboxylic acids is 1. The highest BCUT2D eigenvalue weighted by molar-refractivity contribution is 6.06. The van der Waals surface area contributed by atoms with E-state index in [2.05, 4.69) is 16.8 Å². The van der Waals surface area contributed by atoms with Gasteiger partial charge in [-0.15, -0.1) is 0 Å². The van der Waals surface area contributed by atoms with Gasteiger partial charge in [0, 0.05) is 23.5 Å². The number of aromatic nitrogens is 2. The first kappa shape index (κ1) is 17.0. The Morgan fingerprint density at radius 2 is 1.63 bits per heavy atom. The molecule has 0 unspecified atom stereocenters. The maximum atomic E-state index is 14.8. The van der Waals surface area contributed by atoms with E-state index < -0.39 is 28.8 Å². The van der Waals surface area contributed by atoms with Crippen molar-refractivity contribution in [2.75, 3.05) is 4.90 Å². The van der Waals surface area contributed by atoms with E-state index >= 15 is 0 Å². The number of nitrogens with zero attached hydrogens (tertiary/aromatic N) is 3. The molecule has 0 saturated carbocycles. The van der Waals surface area contributed by atoms with Crippen LogP contribution in [-0.2, 0) is 10.3 Å². The number of benzene rings is 2.